The highest BCUT2D eigenvalue weighted by molar-refractivity contribution is 5.65. The molecule has 1 aromatic heterocycles. The second kappa shape index (κ2) is 5.88. The van der Waals surface area contributed by atoms with Crippen LogP contribution in [0.2, 0.25) is 0 Å². The number of hydrogen-bond acceptors (Lipinski definition) is 4. The van der Waals surface area contributed by atoms with E-state index in [0.717, 1.165) is 12.4 Å². The number of nitrogens with zero attached hydrogens (tertiary/aromatic N) is 4. The molecule has 1 aliphatic rings. The summed E-state index contributed by atoms with van der Waals surface area (Å²) in [4.78, 5) is 21.1. The Morgan fingerprint density at radius 3 is 2.63 bits per heavy atom. The minimum atomic E-state index is -0.839. The van der Waals surface area contributed by atoms with Crippen LogP contribution < -0.4 is 4.90 Å². The van der Waals surface area contributed by atoms with Crippen molar-refractivity contribution in [2.45, 2.75) is 6.54 Å². The molecule has 6 heteroatoms. The molecule has 1 aliphatic heterocycles. The molecule has 1 amide bonds. The van der Waals surface area contributed by atoms with E-state index in [1.165, 1.54) is 10.5 Å². The second-order valence-corrected chi connectivity index (χ2v) is 4.98. The van der Waals surface area contributed by atoms with Gasteiger partial charge >= 0.3 is 6.09 Å². The minimum absolute atomic E-state index is 0.535. The van der Waals surface area contributed by atoms with Gasteiger partial charge in [-0.25, -0.2) is 9.78 Å². The summed E-state index contributed by atoms with van der Waals surface area (Å²) in [6.07, 6.45) is 0.951. The smallest absolute Gasteiger partial charge is 0.407 e. The Hall–Kier alpha value is -1.82. The molecule has 0 unspecified atom stereocenters. The first-order valence-corrected chi connectivity index (χ1v) is 6.39. The van der Waals surface area contributed by atoms with Gasteiger partial charge in [0.25, 0.3) is 0 Å². The van der Waals surface area contributed by atoms with E-state index < -0.39 is 6.09 Å². The van der Waals surface area contributed by atoms with Crippen LogP contribution in [0.15, 0.2) is 18.3 Å². The second-order valence-electron chi connectivity index (χ2n) is 4.98. The van der Waals surface area contributed by atoms with Crippen LogP contribution in [0.4, 0.5) is 10.6 Å². The lowest BCUT2D eigenvalue weighted by atomic mass is 10.2. The SMILES string of the molecule is CN(C)Cc1cccnc1N1CCN(C(=O)O)CC1. The number of carboxylic acid groups (broad SMARTS) is 1. The van der Waals surface area contributed by atoms with Crippen molar-refractivity contribution in [2.24, 2.45) is 0 Å². The lowest BCUT2D eigenvalue weighted by Gasteiger charge is -2.35. The van der Waals surface area contributed by atoms with E-state index >= 15 is 0 Å². The van der Waals surface area contributed by atoms with Crippen LogP contribution >= 0.6 is 0 Å². The van der Waals surface area contributed by atoms with Gasteiger partial charge in [-0.3, -0.25) is 0 Å². The maximum Gasteiger partial charge on any atom is 0.407 e. The molecule has 1 aromatic rings. The number of pyridine rings is 1. The number of aromatic nitrogens is 1. The lowest BCUT2D eigenvalue weighted by Crippen LogP contribution is -2.48. The normalized spacial score (nSPS) is 15.9. The van der Waals surface area contributed by atoms with Crippen molar-refractivity contribution in [3.8, 4) is 0 Å². The van der Waals surface area contributed by atoms with Crippen molar-refractivity contribution in [1.82, 2.24) is 14.8 Å². The summed E-state index contributed by atoms with van der Waals surface area (Å²) in [6.45, 7) is 3.30. The van der Waals surface area contributed by atoms with Gasteiger partial charge in [-0.15, -0.1) is 0 Å². The van der Waals surface area contributed by atoms with Crippen molar-refractivity contribution in [1.29, 1.82) is 0 Å². The fraction of sp³-hybridized carbons (Fsp3) is 0.538. The molecule has 0 spiro atoms. The van der Waals surface area contributed by atoms with Gasteiger partial charge < -0.3 is 19.8 Å². The molecule has 0 saturated carbocycles. The van der Waals surface area contributed by atoms with E-state index in [2.05, 4.69) is 20.9 Å². The van der Waals surface area contributed by atoms with E-state index in [-0.39, 0.29) is 0 Å². The quantitative estimate of drug-likeness (QED) is 0.880. The van der Waals surface area contributed by atoms with E-state index in [9.17, 15) is 4.79 Å². The molecule has 0 aromatic carbocycles. The standard InChI is InChI=1S/C13H20N4O2/c1-15(2)10-11-4-3-5-14-12(11)16-6-8-17(9-7-16)13(18)19/h3-5H,6-10H2,1-2H3,(H,18,19). The van der Waals surface area contributed by atoms with Crippen molar-refractivity contribution < 1.29 is 9.90 Å². The van der Waals surface area contributed by atoms with Crippen molar-refractivity contribution >= 4 is 11.9 Å². The minimum Gasteiger partial charge on any atom is -0.465 e. The van der Waals surface area contributed by atoms with Gasteiger partial charge in [-0.05, 0) is 20.2 Å². The maximum atomic E-state index is 10.9. The Bertz CT molecular complexity index is 442. The third kappa shape index (κ3) is 3.35. The average Bonchev–Trinajstić information content (AvgIpc) is 2.39. The predicted octanol–water partition coefficient (Wildman–Crippen LogP) is 0.943. The van der Waals surface area contributed by atoms with Crippen LogP contribution in [0.25, 0.3) is 0 Å². The zero-order chi connectivity index (χ0) is 13.8. The fourth-order valence-corrected chi connectivity index (χ4v) is 2.29. The third-order valence-electron chi connectivity index (χ3n) is 3.20. The highest BCUT2D eigenvalue weighted by atomic mass is 16.4. The lowest BCUT2D eigenvalue weighted by molar-refractivity contribution is 0.142. The van der Waals surface area contributed by atoms with Gasteiger partial charge in [0.2, 0.25) is 0 Å². The molecular weight excluding hydrogens is 244 g/mol. The number of hydrogen-bond donors (Lipinski definition) is 1. The number of anilines is 1. The van der Waals surface area contributed by atoms with Gasteiger partial charge in [0.05, 0.1) is 0 Å². The Balaban J connectivity index is 2.08. The molecule has 0 aliphatic carbocycles. The molecule has 1 saturated heterocycles. The molecule has 0 bridgehead atoms. The number of piperazine rings is 1. The van der Waals surface area contributed by atoms with Crippen LogP contribution in [-0.2, 0) is 6.54 Å². The Labute approximate surface area is 113 Å². The van der Waals surface area contributed by atoms with Gasteiger partial charge in [0, 0.05) is 44.5 Å². The molecule has 104 valence electrons. The molecule has 0 atom stereocenters. The monoisotopic (exact) mass is 264 g/mol. The summed E-state index contributed by atoms with van der Waals surface area (Å²) in [5.74, 6) is 0.973. The van der Waals surface area contributed by atoms with E-state index in [1.807, 2.05) is 20.2 Å². The first-order valence-electron chi connectivity index (χ1n) is 6.39. The van der Waals surface area contributed by atoms with Crippen LogP contribution in [0.3, 0.4) is 0 Å². The maximum absolute atomic E-state index is 10.9. The summed E-state index contributed by atoms with van der Waals surface area (Å²) in [7, 11) is 4.05. The first-order chi connectivity index (χ1) is 9.08. The van der Waals surface area contributed by atoms with Crippen LogP contribution in [0, 0.1) is 0 Å². The molecule has 6 nitrogen and oxygen atoms in total. The largest absolute Gasteiger partial charge is 0.465 e. The van der Waals surface area contributed by atoms with Gasteiger partial charge in [0.15, 0.2) is 0 Å². The summed E-state index contributed by atoms with van der Waals surface area (Å²) >= 11 is 0. The zero-order valence-corrected chi connectivity index (χ0v) is 11.4. The number of carbonyl (C=O) groups is 1. The Kier molecular flexibility index (Phi) is 4.21. The highest BCUT2D eigenvalue weighted by Crippen LogP contribution is 2.19. The molecule has 2 heterocycles. The molecule has 2 rings (SSSR count). The van der Waals surface area contributed by atoms with Crippen LogP contribution in [0.5, 0.6) is 0 Å². The predicted molar refractivity (Wildman–Crippen MR) is 73.4 cm³/mol. The molecule has 1 fully saturated rings. The van der Waals surface area contributed by atoms with Crippen molar-refractivity contribution in [2.75, 3.05) is 45.2 Å². The van der Waals surface area contributed by atoms with Gasteiger partial charge in [0.1, 0.15) is 5.82 Å². The summed E-state index contributed by atoms with van der Waals surface area (Å²) in [5, 5.41) is 8.95. The first kappa shape index (κ1) is 13.6. The molecular formula is C13H20N4O2. The Morgan fingerprint density at radius 2 is 2.05 bits per heavy atom. The van der Waals surface area contributed by atoms with E-state index in [4.69, 9.17) is 5.11 Å². The number of amides is 1. The van der Waals surface area contributed by atoms with Gasteiger partial charge in [-0.2, -0.15) is 0 Å². The fourth-order valence-electron chi connectivity index (χ4n) is 2.29. The third-order valence-corrected chi connectivity index (χ3v) is 3.20. The number of rotatable bonds is 3. The van der Waals surface area contributed by atoms with Gasteiger partial charge in [-0.1, -0.05) is 6.07 Å². The van der Waals surface area contributed by atoms with Crippen LogP contribution in [0.1, 0.15) is 5.56 Å². The van der Waals surface area contributed by atoms with E-state index in [1.54, 1.807) is 6.20 Å². The highest BCUT2D eigenvalue weighted by Gasteiger charge is 2.22. The summed E-state index contributed by atoms with van der Waals surface area (Å²) < 4.78 is 0. The van der Waals surface area contributed by atoms with Crippen LogP contribution in [-0.4, -0.2) is 66.3 Å². The molecule has 1 N–H and O–H groups in total. The van der Waals surface area contributed by atoms with E-state index in [0.29, 0.717) is 26.2 Å². The Morgan fingerprint density at radius 1 is 1.37 bits per heavy atom. The topological polar surface area (TPSA) is 59.9 Å². The average molecular weight is 264 g/mol. The molecule has 19 heavy (non-hydrogen) atoms. The molecule has 0 radical (unpaired) electrons. The summed E-state index contributed by atoms with van der Waals surface area (Å²) in [5.41, 5.74) is 1.18. The van der Waals surface area contributed by atoms with Crippen molar-refractivity contribution in [3.63, 3.8) is 0 Å². The zero-order valence-electron chi connectivity index (χ0n) is 11.4. The summed E-state index contributed by atoms with van der Waals surface area (Å²) in [6, 6.07) is 4.02. The van der Waals surface area contributed by atoms with Crippen molar-refractivity contribution in [3.05, 3.63) is 23.9 Å².